The van der Waals surface area contributed by atoms with Crippen LogP contribution in [0.4, 0.5) is 5.82 Å². The van der Waals surface area contributed by atoms with E-state index in [-0.39, 0.29) is 12.3 Å². The molecule has 0 saturated carbocycles. The largest absolute Gasteiger partial charge is 0.377 e. The van der Waals surface area contributed by atoms with Crippen molar-refractivity contribution in [2.45, 2.75) is 38.5 Å². The molecule has 0 amide bonds. The van der Waals surface area contributed by atoms with Crippen LogP contribution in [-0.4, -0.2) is 57.1 Å². The van der Waals surface area contributed by atoms with E-state index < -0.39 is 0 Å². The van der Waals surface area contributed by atoms with Gasteiger partial charge in [0, 0.05) is 53.0 Å². The number of benzene rings is 2. The molecule has 7 rings (SSSR count). The molecule has 2 saturated heterocycles. The lowest BCUT2D eigenvalue weighted by atomic mass is 10.1. The number of hydrogen-bond donors (Lipinski definition) is 1. The fourth-order valence-electron chi connectivity index (χ4n) is 5.62. The zero-order valence-corrected chi connectivity index (χ0v) is 20.9. The van der Waals surface area contributed by atoms with Crippen molar-refractivity contribution in [1.29, 1.82) is 0 Å². The number of ether oxygens (including phenoxy) is 2. The Hall–Kier alpha value is -3.75. The summed E-state index contributed by atoms with van der Waals surface area (Å²) in [6.07, 6.45) is 7.06. The third-order valence-corrected chi connectivity index (χ3v) is 7.55. The van der Waals surface area contributed by atoms with Crippen molar-refractivity contribution in [3.63, 3.8) is 0 Å². The van der Waals surface area contributed by atoms with Crippen LogP contribution < -0.4 is 4.90 Å². The molecule has 2 aliphatic heterocycles. The molecule has 0 spiro atoms. The Kier molecular flexibility index (Phi) is 5.63. The number of H-pyrrole nitrogens is 1. The molecule has 188 valence electrons. The Morgan fingerprint density at radius 2 is 1.97 bits per heavy atom. The summed E-state index contributed by atoms with van der Waals surface area (Å²) in [6, 6.07) is 17.1. The first-order valence-electron chi connectivity index (χ1n) is 13.1. The summed E-state index contributed by atoms with van der Waals surface area (Å²) in [7, 11) is 0. The predicted octanol–water partition coefficient (Wildman–Crippen LogP) is 5.57. The summed E-state index contributed by atoms with van der Waals surface area (Å²) in [6.45, 7) is 5.13. The maximum atomic E-state index is 6.05. The number of fused-ring (bicyclic) bond motifs is 2. The molecule has 1 unspecified atom stereocenters. The van der Waals surface area contributed by atoms with Gasteiger partial charge in [0.05, 0.1) is 30.5 Å². The van der Waals surface area contributed by atoms with Crippen molar-refractivity contribution in [2.24, 2.45) is 0 Å². The molecule has 0 bridgehead atoms. The van der Waals surface area contributed by atoms with Crippen LogP contribution in [0.2, 0.25) is 0 Å². The van der Waals surface area contributed by atoms with Crippen LogP contribution in [0.1, 0.15) is 32.4 Å². The van der Waals surface area contributed by atoms with Crippen molar-refractivity contribution in [1.82, 2.24) is 24.7 Å². The van der Waals surface area contributed by atoms with Gasteiger partial charge in [0.25, 0.3) is 0 Å². The standard InChI is InChI=1S/C29H30N6O2/c1-19-18-36-16-14-34(19)29-23-17-20(26-11-13-31-35(26)27-7-2-3-15-37-27)8-9-25(23)32-28(33-29)22-5-4-6-24-21(22)10-12-30-24/h4-6,8-13,17,19,27,30H,2-3,7,14-16,18H2,1H3/t19-,27?/m1/s1. The molecule has 8 nitrogen and oxygen atoms in total. The third kappa shape index (κ3) is 3.97. The van der Waals surface area contributed by atoms with Crippen molar-refractivity contribution >= 4 is 27.6 Å². The van der Waals surface area contributed by atoms with Crippen molar-refractivity contribution in [3.05, 3.63) is 60.9 Å². The molecule has 0 radical (unpaired) electrons. The van der Waals surface area contributed by atoms with E-state index in [4.69, 9.17) is 19.4 Å². The Labute approximate surface area is 215 Å². The fourth-order valence-corrected chi connectivity index (χ4v) is 5.62. The summed E-state index contributed by atoms with van der Waals surface area (Å²) >= 11 is 0. The Balaban J connectivity index is 1.40. The van der Waals surface area contributed by atoms with Gasteiger partial charge < -0.3 is 19.4 Å². The monoisotopic (exact) mass is 494 g/mol. The SMILES string of the molecule is C[C@@H]1COCCN1c1nc(-c2cccc3[nH]ccc23)nc2ccc(-c3ccnn3C3CCCCO3)cc12. The minimum absolute atomic E-state index is 0.0198. The van der Waals surface area contributed by atoms with Crippen molar-refractivity contribution in [3.8, 4) is 22.6 Å². The number of anilines is 1. The lowest BCUT2D eigenvalue weighted by molar-refractivity contribution is -0.0383. The number of rotatable bonds is 4. The average Bonchev–Trinajstić information content (AvgIpc) is 3.63. The smallest absolute Gasteiger partial charge is 0.162 e. The molecule has 3 aromatic heterocycles. The molecule has 2 atom stereocenters. The van der Waals surface area contributed by atoms with Gasteiger partial charge in [-0.2, -0.15) is 5.10 Å². The van der Waals surface area contributed by atoms with Gasteiger partial charge in [-0.1, -0.05) is 18.2 Å². The average molecular weight is 495 g/mol. The zero-order valence-electron chi connectivity index (χ0n) is 20.9. The van der Waals surface area contributed by atoms with Crippen molar-refractivity contribution < 1.29 is 9.47 Å². The number of aromatic nitrogens is 5. The van der Waals surface area contributed by atoms with Crippen LogP contribution in [0.3, 0.4) is 0 Å². The minimum atomic E-state index is -0.0198. The van der Waals surface area contributed by atoms with E-state index in [9.17, 15) is 0 Å². The van der Waals surface area contributed by atoms with Gasteiger partial charge in [-0.05, 0) is 56.5 Å². The highest BCUT2D eigenvalue weighted by Gasteiger charge is 2.25. The highest BCUT2D eigenvalue weighted by Crippen LogP contribution is 2.36. The van der Waals surface area contributed by atoms with Crippen LogP contribution in [0.15, 0.2) is 60.9 Å². The fraction of sp³-hybridized carbons (Fsp3) is 0.345. The van der Waals surface area contributed by atoms with Crippen LogP contribution in [-0.2, 0) is 9.47 Å². The first kappa shape index (κ1) is 22.4. The summed E-state index contributed by atoms with van der Waals surface area (Å²) < 4.78 is 13.8. The normalized spacial score (nSPS) is 20.6. The first-order chi connectivity index (χ1) is 18.3. The summed E-state index contributed by atoms with van der Waals surface area (Å²) in [5.41, 5.74) is 5.17. The topological polar surface area (TPSA) is 81.1 Å². The third-order valence-electron chi connectivity index (χ3n) is 7.55. The van der Waals surface area contributed by atoms with E-state index in [0.29, 0.717) is 13.2 Å². The maximum absolute atomic E-state index is 6.05. The molecule has 5 aromatic rings. The summed E-state index contributed by atoms with van der Waals surface area (Å²) in [4.78, 5) is 15.9. The Morgan fingerprint density at radius 3 is 2.86 bits per heavy atom. The molecule has 37 heavy (non-hydrogen) atoms. The molecular formula is C29H30N6O2. The quantitative estimate of drug-likeness (QED) is 0.352. The molecule has 2 fully saturated rings. The van der Waals surface area contributed by atoms with E-state index >= 15 is 0 Å². The molecule has 0 aliphatic carbocycles. The molecule has 1 N–H and O–H groups in total. The molecule has 8 heteroatoms. The second kappa shape index (κ2) is 9.28. The Morgan fingerprint density at radius 1 is 1.00 bits per heavy atom. The molecule has 5 heterocycles. The van der Waals surface area contributed by atoms with E-state index in [1.54, 1.807) is 0 Å². The van der Waals surface area contributed by atoms with Gasteiger partial charge in [-0.15, -0.1) is 0 Å². The Bertz CT molecular complexity index is 1570. The van der Waals surface area contributed by atoms with Gasteiger partial charge >= 0.3 is 0 Å². The van der Waals surface area contributed by atoms with E-state index in [1.165, 1.54) is 0 Å². The van der Waals surface area contributed by atoms with Crippen LogP contribution in [0.5, 0.6) is 0 Å². The molecule has 2 aliphatic rings. The van der Waals surface area contributed by atoms with Crippen molar-refractivity contribution in [2.75, 3.05) is 31.3 Å². The number of hydrogen-bond acceptors (Lipinski definition) is 6. The highest BCUT2D eigenvalue weighted by atomic mass is 16.5. The van der Waals surface area contributed by atoms with E-state index in [0.717, 1.165) is 82.7 Å². The number of morpholine rings is 1. The highest BCUT2D eigenvalue weighted by molar-refractivity contribution is 5.98. The summed E-state index contributed by atoms with van der Waals surface area (Å²) in [5, 5.41) is 6.79. The van der Waals surface area contributed by atoms with E-state index in [1.807, 2.05) is 17.1 Å². The second-order valence-corrected chi connectivity index (χ2v) is 9.95. The minimum Gasteiger partial charge on any atom is -0.377 e. The number of nitrogens with zero attached hydrogens (tertiary/aromatic N) is 5. The lowest BCUT2D eigenvalue weighted by Crippen LogP contribution is -2.44. The van der Waals surface area contributed by atoms with Crippen LogP contribution in [0, 0.1) is 0 Å². The van der Waals surface area contributed by atoms with Crippen LogP contribution in [0.25, 0.3) is 44.5 Å². The van der Waals surface area contributed by atoms with Gasteiger partial charge in [0.2, 0.25) is 0 Å². The van der Waals surface area contributed by atoms with Gasteiger partial charge in [-0.3, -0.25) is 0 Å². The number of aromatic amines is 1. The summed E-state index contributed by atoms with van der Waals surface area (Å²) in [5.74, 6) is 1.69. The molecular weight excluding hydrogens is 464 g/mol. The van der Waals surface area contributed by atoms with Gasteiger partial charge in [0.1, 0.15) is 5.82 Å². The molecule has 2 aromatic carbocycles. The zero-order chi connectivity index (χ0) is 24.8. The lowest BCUT2D eigenvalue weighted by Gasteiger charge is -2.35. The maximum Gasteiger partial charge on any atom is 0.162 e. The predicted molar refractivity (Wildman–Crippen MR) is 145 cm³/mol. The van der Waals surface area contributed by atoms with E-state index in [2.05, 4.69) is 70.4 Å². The van der Waals surface area contributed by atoms with Gasteiger partial charge in [0.15, 0.2) is 12.1 Å². The van der Waals surface area contributed by atoms with Gasteiger partial charge in [-0.25, -0.2) is 14.6 Å². The first-order valence-corrected chi connectivity index (χ1v) is 13.1. The second-order valence-electron chi connectivity index (χ2n) is 9.95. The van der Waals surface area contributed by atoms with Crippen LogP contribution >= 0.6 is 0 Å². The number of nitrogens with one attached hydrogen (secondary N) is 1.